The third-order valence-electron chi connectivity index (χ3n) is 2.40. The third-order valence-corrected chi connectivity index (χ3v) is 2.63. The minimum atomic E-state index is 0.00256. The van der Waals surface area contributed by atoms with Crippen LogP contribution in [0.5, 0.6) is 0 Å². The van der Waals surface area contributed by atoms with Crippen LogP contribution in [0.15, 0.2) is 30.4 Å². The number of nitrogens with zero attached hydrogens (tertiary/aromatic N) is 1. The lowest BCUT2D eigenvalue weighted by atomic mass is 10.1. The first-order valence-corrected chi connectivity index (χ1v) is 5.75. The molecule has 0 aliphatic carbocycles. The van der Waals surface area contributed by atoms with E-state index in [2.05, 4.69) is 18.4 Å². The predicted octanol–water partition coefficient (Wildman–Crippen LogP) is 3.23. The first-order chi connectivity index (χ1) is 7.58. The molecule has 88 valence electrons. The molecule has 0 saturated carbocycles. The lowest BCUT2D eigenvalue weighted by Gasteiger charge is -2.25. The Bertz CT molecular complexity index is 376. The Morgan fingerprint density at radius 3 is 2.69 bits per heavy atom. The molecule has 0 amide bonds. The summed E-state index contributed by atoms with van der Waals surface area (Å²) >= 11 is 5.90. The molecule has 0 spiro atoms. The van der Waals surface area contributed by atoms with Crippen LogP contribution in [0.2, 0.25) is 5.02 Å². The lowest BCUT2D eigenvalue weighted by molar-refractivity contribution is 0.282. The van der Waals surface area contributed by atoms with E-state index in [1.807, 2.05) is 19.1 Å². The summed E-state index contributed by atoms with van der Waals surface area (Å²) in [6, 6.07) is 5.59. The summed E-state index contributed by atoms with van der Waals surface area (Å²) in [4.78, 5) is 2.17. The van der Waals surface area contributed by atoms with Crippen molar-refractivity contribution < 1.29 is 5.11 Å². The number of aliphatic hydroxyl groups is 1. The Hall–Kier alpha value is -0.990. The first kappa shape index (κ1) is 13.1. The molecule has 1 aromatic rings. The fraction of sp³-hybridized carbons (Fsp3) is 0.385. The predicted molar refractivity (Wildman–Crippen MR) is 70.1 cm³/mol. The van der Waals surface area contributed by atoms with E-state index >= 15 is 0 Å². The molecule has 0 aliphatic rings. The maximum atomic E-state index is 9.31. The van der Waals surface area contributed by atoms with Gasteiger partial charge in [0.25, 0.3) is 0 Å². The van der Waals surface area contributed by atoms with Crippen molar-refractivity contribution in [3.05, 3.63) is 40.9 Å². The van der Waals surface area contributed by atoms with Gasteiger partial charge in [-0.05, 0) is 32.0 Å². The number of hydrogen-bond acceptors (Lipinski definition) is 2. The number of aliphatic hydroxyl groups excluding tert-OH is 1. The Kier molecular flexibility index (Phi) is 4.84. The molecule has 0 unspecified atom stereocenters. The highest BCUT2D eigenvalue weighted by Gasteiger charge is 2.09. The molecule has 0 heterocycles. The Labute approximate surface area is 102 Å². The number of likely N-dealkylation sites (N-methyl/N-ethyl adjacent to an activating group) is 1. The topological polar surface area (TPSA) is 23.5 Å². The Morgan fingerprint density at radius 2 is 2.19 bits per heavy atom. The number of hydrogen-bond donors (Lipinski definition) is 1. The average molecular weight is 240 g/mol. The molecule has 0 bridgehead atoms. The molecule has 0 fully saturated rings. The minimum absolute atomic E-state index is 0.00256. The van der Waals surface area contributed by atoms with E-state index in [4.69, 9.17) is 11.6 Å². The van der Waals surface area contributed by atoms with Crippen LogP contribution in [0, 0.1) is 0 Å². The average Bonchev–Trinajstić information content (AvgIpc) is 2.25. The molecular formula is C13H18ClNO. The Morgan fingerprint density at radius 1 is 1.50 bits per heavy atom. The standard InChI is InChI=1S/C13H18ClNO/c1-4-15(8-10(2)3)13-6-5-12(14)7-11(13)9-16/h5-7,16H,2,4,8-9H2,1,3H3. The van der Waals surface area contributed by atoms with Crippen molar-refractivity contribution in [3.63, 3.8) is 0 Å². The lowest BCUT2D eigenvalue weighted by Crippen LogP contribution is -2.25. The van der Waals surface area contributed by atoms with Gasteiger partial charge in [-0.15, -0.1) is 0 Å². The molecule has 0 saturated heterocycles. The number of rotatable bonds is 5. The summed E-state index contributed by atoms with van der Waals surface area (Å²) in [5.74, 6) is 0. The molecule has 0 aliphatic heterocycles. The Balaban J connectivity index is 3.03. The van der Waals surface area contributed by atoms with Crippen LogP contribution >= 0.6 is 11.6 Å². The fourth-order valence-corrected chi connectivity index (χ4v) is 1.88. The van der Waals surface area contributed by atoms with E-state index in [1.54, 1.807) is 6.07 Å². The number of anilines is 1. The van der Waals surface area contributed by atoms with Crippen LogP contribution in [-0.4, -0.2) is 18.2 Å². The highest BCUT2D eigenvalue weighted by atomic mass is 35.5. The van der Waals surface area contributed by atoms with Gasteiger partial charge in [-0.2, -0.15) is 0 Å². The molecule has 16 heavy (non-hydrogen) atoms. The number of benzene rings is 1. The van der Waals surface area contributed by atoms with Crippen molar-refractivity contribution in [3.8, 4) is 0 Å². The van der Waals surface area contributed by atoms with Crippen LogP contribution in [-0.2, 0) is 6.61 Å². The normalized spacial score (nSPS) is 10.2. The van der Waals surface area contributed by atoms with Crippen molar-refractivity contribution in [2.24, 2.45) is 0 Å². The molecule has 1 rings (SSSR count). The van der Waals surface area contributed by atoms with Crippen LogP contribution < -0.4 is 4.90 Å². The summed E-state index contributed by atoms with van der Waals surface area (Å²) in [6.45, 7) is 9.67. The summed E-state index contributed by atoms with van der Waals surface area (Å²) in [5.41, 5.74) is 2.98. The van der Waals surface area contributed by atoms with Crippen LogP contribution in [0.4, 0.5) is 5.69 Å². The highest BCUT2D eigenvalue weighted by Crippen LogP contribution is 2.24. The summed E-state index contributed by atoms with van der Waals surface area (Å²) < 4.78 is 0. The van der Waals surface area contributed by atoms with E-state index in [9.17, 15) is 5.11 Å². The van der Waals surface area contributed by atoms with Crippen LogP contribution in [0.3, 0.4) is 0 Å². The third kappa shape index (κ3) is 3.26. The zero-order valence-electron chi connectivity index (χ0n) is 9.83. The SMILES string of the molecule is C=C(C)CN(CC)c1ccc(Cl)cc1CO. The quantitative estimate of drug-likeness (QED) is 0.798. The molecule has 0 atom stereocenters. The molecule has 0 aromatic heterocycles. The zero-order valence-corrected chi connectivity index (χ0v) is 10.6. The molecular weight excluding hydrogens is 222 g/mol. The van der Waals surface area contributed by atoms with Gasteiger partial charge in [0.2, 0.25) is 0 Å². The van der Waals surface area contributed by atoms with Gasteiger partial charge in [-0.1, -0.05) is 23.8 Å². The van der Waals surface area contributed by atoms with Crippen LogP contribution in [0.1, 0.15) is 19.4 Å². The highest BCUT2D eigenvalue weighted by molar-refractivity contribution is 6.30. The number of halogens is 1. The van der Waals surface area contributed by atoms with E-state index in [0.717, 1.165) is 29.9 Å². The van der Waals surface area contributed by atoms with Gasteiger partial charge in [-0.3, -0.25) is 0 Å². The second-order valence-electron chi connectivity index (χ2n) is 3.90. The van der Waals surface area contributed by atoms with Gasteiger partial charge in [0.15, 0.2) is 0 Å². The molecule has 2 nitrogen and oxygen atoms in total. The van der Waals surface area contributed by atoms with Crippen molar-refractivity contribution in [1.29, 1.82) is 0 Å². The molecule has 1 aromatic carbocycles. The first-order valence-electron chi connectivity index (χ1n) is 5.37. The van der Waals surface area contributed by atoms with Crippen LogP contribution in [0.25, 0.3) is 0 Å². The van der Waals surface area contributed by atoms with Crippen molar-refractivity contribution in [1.82, 2.24) is 0 Å². The summed E-state index contributed by atoms with van der Waals surface area (Å²) in [5, 5.41) is 9.97. The van der Waals surface area contributed by atoms with E-state index in [-0.39, 0.29) is 6.61 Å². The second-order valence-corrected chi connectivity index (χ2v) is 4.34. The van der Waals surface area contributed by atoms with Gasteiger partial charge in [-0.25, -0.2) is 0 Å². The largest absolute Gasteiger partial charge is 0.392 e. The monoisotopic (exact) mass is 239 g/mol. The summed E-state index contributed by atoms with van der Waals surface area (Å²) in [6.07, 6.45) is 0. The summed E-state index contributed by atoms with van der Waals surface area (Å²) in [7, 11) is 0. The zero-order chi connectivity index (χ0) is 12.1. The van der Waals surface area contributed by atoms with Crippen molar-refractivity contribution in [2.45, 2.75) is 20.5 Å². The van der Waals surface area contributed by atoms with Gasteiger partial charge >= 0.3 is 0 Å². The van der Waals surface area contributed by atoms with Crippen molar-refractivity contribution >= 4 is 17.3 Å². The van der Waals surface area contributed by atoms with Gasteiger partial charge in [0.1, 0.15) is 0 Å². The van der Waals surface area contributed by atoms with E-state index in [0.29, 0.717) is 5.02 Å². The van der Waals surface area contributed by atoms with E-state index < -0.39 is 0 Å². The van der Waals surface area contributed by atoms with Gasteiger partial charge < -0.3 is 10.0 Å². The molecule has 3 heteroatoms. The maximum Gasteiger partial charge on any atom is 0.0702 e. The second kappa shape index (κ2) is 5.92. The van der Waals surface area contributed by atoms with E-state index in [1.165, 1.54) is 0 Å². The smallest absolute Gasteiger partial charge is 0.0702 e. The maximum absolute atomic E-state index is 9.31. The van der Waals surface area contributed by atoms with Gasteiger partial charge in [0, 0.05) is 29.4 Å². The fourth-order valence-electron chi connectivity index (χ4n) is 1.68. The van der Waals surface area contributed by atoms with Crippen molar-refractivity contribution in [2.75, 3.05) is 18.0 Å². The molecule has 0 radical (unpaired) electrons. The minimum Gasteiger partial charge on any atom is -0.392 e. The molecule has 1 N–H and O–H groups in total. The van der Waals surface area contributed by atoms with Gasteiger partial charge in [0.05, 0.1) is 6.61 Å².